The zero-order chi connectivity index (χ0) is 19.3. The predicted octanol–water partition coefficient (Wildman–Crippen LogP) is 3.19. The van der Waals surface area contributed by atoms with Crippen molar-refractivity contribution in [3.63, 3.8) is 0 Å². The summed E-state index contributed by atoms with van der Waals surface area (Å²) in [6.07, 6.45) is 8.33. The molecule has 0 bridgehead atoms. The minimum absolute atomic E-state index is 0.0260. The molecule has 3 N–H and O–H groups in total. The summed E-state index contributed by atoms with van der Waals surface area (Å²) < 4.78 is 0. The summed E-state index contributed by atoms with van der Waals surface area (Å²) in [7, 11) is 0. The van der Waals surface area contributed by atoms with Crippen LogP contribution in [0.1, 0.15) is 43.0 Å². The van der Waals surface area contributed by atoms with E-state index in [1.54, 1.807) is 13.1 Å². The highest BCUT2D eigenvalue weighted by molar-refractivity contribution is 5.99. The van der Waals surface area contributed by atoms with Gasteiger partial charge in [0.25, 0.3) is 0 Å². The molecule has 7 nitrogen and oxygen atoms in total. The molecule has 2 fully saturated rings. The van der Waals surface area contributed by atoms with Crippen LogP contribution in [0.3, 0.4) is 0 Å². The van der Waals surface area contributed by atoms with Crippen molar-refractivity contribution in [2.75, 3.05) is 41.7 Å². The minimum atomic E-state index is 0.0260. The highest BCUT2D eigenvalue weighted by atomic mass is 16.1. The number of anilines is 4. The molecule has 2 aromatic rings. The topological polar surface area (TPSA) is 82.2 Å². The Morgan fingerprint density at radius 2 is 1.86 bits per heavy atom. The van der Waals surface area contributed by atoms with Gasteiger partial charge in [-0.1, -0.05) is 12.8 Å². The monoisotopic (exact) mass is 380 g/mol. The number of hydrogen-bond acceptors (Lipinski definition) is 7. The molecule has 0 amide bonds. The largest absolute Gasteiger partial charge is 0.382 e. The maximum atomic E-state index is 12.0. The Balaban J connectivity index is 1.48. The van der Waals surface area contributed by atoms with Crippen LogP contribution in [-0.4, -0.2) is 48.0 Å². The molecule has 0 spiro atoms. The summed E-state index contributed by atoms with van der Waals surface area (Å²) in [5.41, 5.74) is 2.63. The third kappa shape index (κ3) is 4.42. The first-order chi connectivity index (χ1) is 13.7. The molecule has 0 aromatic carbocycles. The van der Waals surface area contributed by atoms with E-state index in [1.165, 1.54) is 12.8 Å². The SMILES string of the molecule is CC(=O)c1cnc(Nc2ccc(N3CCNCC3)cn2)cc1NC1CCCC1. The van der Waals surface area contributed by atoms with Crippen LogP contribution < -0.4 is 20.9 Å². The van der Waals surface area contributed by atoms with Crippen LogP contribution in [0.5, 0.6) is 0 Å². The van der Waals surface area contributed by atoms with Gasteiger partial charge in [-0.05, 0) is 31.9 Å². The normalized spacial score (nSPS) is 17.5. The molecule has 2 aromatic heterocycles. The fourth-order valence-corrected chi connectivity index (χ4v) is 3.92. The van der Waals surface area contributed by atoms with Crippen molar-refractivity contribution >= 4 is 28.8 Å². The van der Waals surface area contributed by atoms with Crippen molar-refractivity contribution in [3.05, 3.63) is 36.2 Å². The smallest absolute Gasteiger partial charge is 0.163 e. The van der Waals surface area contributed by atoms with Gasteiger partial charge in [-0.15, -0.1) is 0 Å². The highest BCUT2D eigenvalue weighted by Gasteiger charge is 2.18. The molecular formula is C21H28N6O. The Bertz CT molecular complexity index is 810. The van der Waals surface area contributed by atoms with Gasteiger partial charge in [-0.2, -0.15) is 0 Å². The molecule has 1 aliphatic heterocycles. The van der Waals surface area contributed by atoms with Crippen molar-refractivity contribution in [2.45, 2.75) is 38.6 Å². The second-order valence-corrected chi connectivity index (χ2v) is 7.56. The number of Topliss-reactive ketones (excluding diaryl/α,β-unsaturated/α-hetero) is 1. The highest BCUT2D eigenvalue weighted by Crippen LogP contribution is 2.27. The molecular weight excluding hydrogens is 352 g/mol. The predicted molar refractivity (Wildman–Crippen MR) is 113 cm³/mol. The molecule has 0 radical (unpaired) electrons. The van der Waals surface area contributed by atoms with Crippen molar-refractivity contribution < 1.29 is 4.79 Å². The van der Waals surface area contributed by atoms with Crippen molar-refractivity contribution in [1.82, 2.24) is 15.3 Å². The minimum Gasteiger partial charge on any atom is -0.382 e. The van der Waals surface area contributed by atoms with Gasteiger partial charge >= 0.3 is 0 Å². The molecule has 3 heterocycles. The van der Waals surface area contributed by atoms with E-state index < -0.39 is 0 Å². The number of hydrogen-bond donors (Lipinski definition) is 3. The Labute approximate surface area is 166 Å². The molecule has 28 heavy (non-hydrogen) atoms. The summed E-state index contributed by atoms with van der Waals surface area (Å²) in [6.45, 7) is 5.59. The molecule has 0 unspecified atom stereocenters. The number of carbonyl (C=O) groups is 1. The van der Waals surface area contributed by atoms with E-state index in [2.05, 4.69) is 36.9 Å². The van der Waals surface area contributed by atoms with Crippen LogP contribution >= 0.6 is 0 Å². The van der Waals surface area contributed by atoms with E-state index >= 15 is 0 Å². The summed E-state index contributed by atoms with van der Waals surface area (Å²) in [5, 5.41) is 10.2. The van der Waals surface area contributed by atoms with Gasteiger partial charge in [0.2, 0.25) is 0 Å². The Morgan fingerprint density at radius 3 is 2.54 bits per heavy atom. The lowest BCUT2D eigenvalue weighted by molar-refractivity contribution is 0.101. The summed E-state index contributed by atoms with van der Waals surface area (Å²) in [4.78, 5) is 23.3. The van der Waals surface area contributed by atoms with Crippen molar-refractivity contribution in [1.29, 1.82) is 0 Å². The molecule has 2 aliphatic rings. The maximum Gasteiger partial charge on any atom is 0.163 e. The number of ketones is 1. The van der Waals surface area contributed by atoms with Crippen LogP contribution in [0.15, 0.2) is 30.6 Å². The summed E-state index contributed by atoms with van der Waals surface area (Å²) in [6, 6.07) is 6.41. The molecule has 0 atom stereocenters. The molecule has 4 rings (SSSR count). The summed E-state index contributed by atoms with van der Waals surface area (Å²) in [5.74, 6) is 1.46. The Morgan fingerprint density at radius 1 is 1.11 bits per heavy atom. The van der Waals surface area contributed by atoms with E-state index in [9.17, 15) is 4.79 Å². The number of nitrogens with zero attached hydrogens (tertiary/aromatic N) is 3. The molecule has 1 aliphatic carbocycles. The summed E-state index contributed by atoms with van der Waals surface area (Å²) >= 11 is 0. The number of aromatic nitrogens is 2. The fraction of sp³-hybridized carbons (Fsp3) is 0.476. The number of rotatable bonds is 6. The van der Waals surface area contributed by atoms with Gasteiger partial charge in [0.1, 0.15) is 11.6 Å². The lowest BCUT2D eigenvalue weighted by atomic mass is 10.1. The second-order valence-electron chi connectivity index (χ2n) is 7.56. The first-order valence-corrected chi connectivity index (χ1v) is 10.2. The third-order valence-electron chi connectivity index (χ3n) is 5.48. The standard InChI is InChI=1S/C21H28N6O/c1-15(28)18-14-24-21(12-19(18)25-16-4-2-3-5-16)26-20-7-6-17(13-23-20)27-10-8-22-9-11-27/h6-7,12-14,16,22H,2-5,8-11H2,1H3,(H2,23,24,25,26). The average Bonchev–Trinajstić information content (AvgIpc) is 3.22. The van der Waals surface area contributed by atoms with Gasteiger partial charge < -0.3 is 20.9 Å². The van der Waals surface area contributed by atoms with Gasteiger partial charge in [0.15, 0.2) is 5.78 Å². The van der Waals surface area contributed by atoms with Gasteiger partial charge in [-0.3, -0.25) is 4.79 Å². The zero-order valence-corrected chi connectivity index (χ0v) is 16.4. The fourth-order valence-electron chi connectivity index (χ4n) is 3.92. The van der Waals surface area contributed by atoms with Crippen LogP contribution in [0, 0.1) is 0 Å². The second kappa shape index (κ2) is 8.56. The van der Waals surface area contributed by atoms with Gasteiger partial charge in [-0.25, -0.2) is 9.97 Å². The lowest BCUT2D eigenvalue weighted by Gasteiger charge is -2.29. The van der Waals surface area contributed by atoms with E-state index in [0.29, 0.717) is 17.4 Å². The van der Waals surface area contributed by atoms with E-state index in [-0.39, 0.29) is 5.78 Å². The molecule has 7 heteroatoms. The van der Waals surface area contributed by atoms with E-state index in [1.807, 2.05) is 18.3 Å². The maximum absolute atomic E-state index is 12.0. The quantitative estimate of drug-likeness (QED) is 0.664. The lowest BCUT2D eigenvalue weighted by Crippen LogP contribution is -2.43. The van der Waals surface area contributed by atoms with Crippen LogP contribution in [0.4, 0.5) is 23.0 Å². The average molecular weight is 380 g/mol. The van der Waals surface area contributed by atoms with Gasteiger partial charge in [0, 0.05) is 44.5 Å². The van der Waals surface area contributed by atoms with E-state index in [0.717, 1.165) is 56.2 Å². The third-order valence-corrected chi connectivity index (χ3v) is 5.48. The first kappa shape index (κ1) is 18.7. The number of piperazine rings is 1. The number of nitrogens with one attached hydrogen (secondary N) is 3. The zero-order valence-electron chi connectivity index (χ0n) is 16.4. The molecule has 1 saturated heterocycles. The van der Waals surface area contributed by atoms with Crippen LogP contribution in [0.25, 0.3) is 0 Å². The van der Waals surface area contributed by atoms with E-state index in [4.69, 9.17) is 0 Å². The Hall–Kier alpha value is -2.67. The first-order valence-electron chi connectivity index (χ1n) is 10.2. The van der Waals surface area contributed by atoms with Crippen molar-refractivity contribution in [2.24, 2.45) is 0 Å². The molecule has 1 saturated carbocycles. The van der Waals surface area contributed by atoms with Crippen molar-refractivity contribution in [3.8, 4) is 0 Å². The Kier molecular flexibility index (Phi) is 5.71. The number of carbonyl (C=O) groups excluding carboxylic acids is 1. The van der Waals surface area contributed by atoms with Crippen LogP contribution in [0.2, 0.25) is 0 Å². The molecule has 148 valence electrons. The number of pyridine rings is 2. The van der Waals surface area contributed by atoms with Crippen LogP contribution in [-0.2, 0) is 0 Å². The van der Waals surface area contributed by atoms with Gasteiger partial charge in [0.05, 0.1) is 23.1 Å².